The number of aliphatic hydroxyl groups is 1. The molecule has 0 saturated carbocycles. The lowest BCUT2D eigenvalue weighted by Crippen LogP contribution is -2.00. The number of carbonyl (C=O) groups is 1. The fraction of sp³-hybridized carbons (Fsp3) is 0.357. The number of hydrogen-bond donors (Lipinski definition) is 2. The number of hydrogen-bond acceptors (Lipinski definition) is 2. The van der Waals surface area contributed by atoms with Gasteiger partial charge < -0.3 is 14.8 Å². The number of para-hydroxylation sites is 1. The molecule has 0 spiro atoms. The number of aliphatic hydroxyl groups excluding tert-OH is 1. The minimum atomic E-state index is -0.812. The Hall–Kier alpha value is -1.81. The molecule has 0 bridgehead atoms. The summed E-state index contributed by atoms with van der Waals surface area (Å²) in [4.78, 5) is 10.8. The van der Waals surface area contributed by atoms with E-state index in [1.165, 1.54) is 0 Å². The van der Waals surface area contributed by atoms with Crippen LogP contribution in [-0.2, 0) is 17.8 Å². The van der Waals surface area contributed by atoms with Crippen LogP contribution in [-0.4, -0.2) is 27.4 Å². The first-order valence-electron chi connectivity index (χ1n) is 6.12. The van der Waals surface area contributed by atoms with Crippen molar-refractivity contribution in [1.82, 2.24) is 4.57 Å². The van der Waals surface area contributed by atoms with Gasteiger partial charge in [0, 0.05) is 30.3 Å². The molecule has 1 aromatic carbocycles. The summed E-state index contributed by atoms with van der Waals surface area (Å²) in [5.41, 5.74) is 1.91. The lowest BCUT2D eigenvalue weighted by molar-refractivity contribution is -0.136. The molecule has 0 saturated heterocycles. The predicted octanol–water partition coefficient (Wildman–Crippen LogP) is 2.04. The van der Waals surface area contributed by atoms with Crippen LogP contribution in [0.15, 0.2) is 30.5 Å². The summed E-state index contributed by atoms with van der Waals surface area (Å²) in [5, 5.41) is 18.7. The molecule has 0 aliphatic carbocycles. The maximum atomic E-state index is 10.8. The Morgan fingerprint density at radius 3 is 2.72 bits per heavy atom. The second-order valence-electron chi connectivity index (χ2n) is 4.37. The van der Waals surface area contributed by atoms with Crippen molar-refractivity contribution in [2.75, 3.05) is 6.61 Å². The number of benzene rings is 1. The molecule has 2 N–H and O–H groups in total. The molecule has 0 aliphatic heterocycles. The highest BCUT2D eigenvalue weighted by Crippen LogP contribution is 2.22. The second kappa shape index (κ2) is 5.69. The number of unbranched alkanes of at least 4 members (excludes halogenated alkanes) is 1. The molecule has 96 valence electrons. The van der Waals surface area contributed by atoms with E-state index in [9.17, 15) is 4.79 Å². The minimum absolute atomic E-state index is 0.0491. The zero-order valence-corrected chi connectivity index (χ0v) is 10.2. The lowest BCUT2D eigenvalue weighted by Gasteiger charge is -2.03. The molecule has 4 heteroatoms. The fourth-order valence-electron chi connectivity index (χ4n) is 2.21. The Morgan fingerprint density at radius 1 is 1.22 bits per heavy atom. The van der Waals surface area contributed by atoms with Gasteiger partial charge in [0.2, 0.25) is 0 Å². The maximum Gasteiger partial charge on any atom is 0.307 e. The van der Waals surface area contributed by atoms with Crippen molar-refractivity contribution in [2.45, 2.75) is 25.8 Å². The van der Waals surface area contributed by atoms with Gasteiger partial charge in [-0.15, -0.1) is 0 Å². The highest BCUT2D eigenvalue weighted by atomic mass is 16.4. The number of fused-ring (bicyclic) bond motifs is 1. The van der Waals surface area contributed by atoms with Crippen molar-refractivity contribution < 1.29 is 15.0 Å². The van der Waals surface area contributed by atoms with Gasteiger partial charge in [-0.1, -0.05) is 18.2 Å². The summed E-state index contributed by atoms with van der Waals surface area (Å²) in [6, 6.07) is 7.83. The second-order valence-corrected chi connectivity index (χ2v) is 4.37. The van der Waals surface area contributed by atoms with Crippen LogP contribution < -0.4 is 0 Å². The third-order valence-corrected chi connectivity index (χ3v) is 3.02. The molecule has 0 amide bonds. The highest BCUT2D eigenvalue weighted by molar-refractivity contribution is 5.87. The standard InChI is InChI=1S/C14H17NO3/c16-8-4-3-7-15-10-11(9-14(17)18)12-5-1-2-6-13(12)15/h1-2,5-6,10,16H,3-4,7-9H2,(H,17,18). The van der Waals surface area contributed by atoms with Crippen LogP contribution in [0.4, 0.5) is 0 Å². The van der Waals surface area contributed by atoms with E-state index in [1.54, 1.807) is 0 Å². The average molecular weight is 247 g/mol. The summed E-state index contributed by atoms with van der Waals surface area (Å²) >= 11 is 0. The van der Waals surface area contributed by atoms with Crippen molar-refractivity contribution in [1.29, 1.82) is 0 Å². The zero-order valence-electron chi connectivity index (χ0n) is 10.2. The number of aliphatic carboxylic acids is 1. The van der Waals surface area contributed by atoms with E-state index < -0.39 is 5.97 Å². The van der Waals surface area contributed by atoms with Gasteiger partial charge in [0.1, 0.15) is 0 Å². The lowest BCUT2D eigenvalue weighted by atomic mass is 10.1. The Bertz CT molecular complexity index is 545. The van der Waals surface area contributed by atoms with Crippen molar-refractivity contribution in [3.8, 4) is 0 Å². The molecule has 2 aromatic rings. The Balaban J connectivity index is 2.31. The smallest absolute Gasteiger partial charge is 0.307 e. The zero-order chi connectivity index (χ0) is 13.0. The molecular weight excluding hydrogens is 230 g/mol. The molecule has 0 atom stereocenters. The number of carboxylic acid groups (broad SMARTS) is 1. The number of carboxylic acids is 1. The van der Waals surface area contributed by atoms with E-state index in [0.717, 1.165) is 35.9 Å². The first-order valence-corrected chi connectivity index (χ1v) is 6.12. The van der Waals surface area contributed by atoms with Gasteiger partial charge in [0.25, 0.3) is 0 Å². The van der Waals surface area contributed by atoms with Gasteiger partial charge in [0.15, 0.2) is 0 Å². The van der Waals surface area contributed by atoms with Crippen LogP contribution in [0.2, 0.25) is 0 Å². The first kappa shape index (κ1) is 12.6. The molecule has 1 heterocycles. The topological polar surface area (TPSA) is 62.5 Å². The SMILES string of the molecule is O=C(O)Cc1cn(CCCCO)c2ccccc12. The Labute approximate surface area is 105 Å². The van der Waals surface area contributed by atoms with Crippen LogP contribution >= 0.6 is 0 Å². The maximum absolute atomic E-state index is 10.8. The fourth-order valence-corrected chi connectivity index (χ4v) is 2.21. The molecule has 0 fully saturated rings. The van der Waals surface area contributed by atoms with Crippen LogP contribution in [0.3, 0.4) is 0 Å². The Morgan fingerprint density at radius 2 is 2.00 bits per heavy atom. The number of aryl methyl sites for hydroxylation is 1. The highest BCUT2D eigenvalue weighted by Gasteiger charge is 2.10. The summed E-state index contributed by atoms with van der Waals surface area (Å²) in [7, 11) is 0. The van der Waals surface area contributed by atoms with Crippen LogP contribution in [0.25, 0.3) is 10.9 Å². The molecule has 0 aliphatic rings. The van der Waals surface area contributed by atoms with E-state index >= 15 is 0 Å². The molecule has 0 radical (unpaired) electrons. The van der Waals surface area contributed by atoms with Crippen LogP contribution in [0.5, 0.6) is 0 Å². The molecule has 0 unspecified atom stereocenters. The first-order chi connectivity index (χ1) is 8.72. The molecular formula is C14H17NO3. The average Bonchev–Trinajstić information content (AvgIpc) is 2.68. The normalized spacial score (nSPS) is 10.9. The van der Waals surface area contributed by atoms with Gasteiger partial charge in [0.05, 0.1) is 6.42 Å². The summed E-state index contributed by atoms with van der Waals surface area (Å²) in [6.45, 7) is 1.00. The van der Waals surface area contributed by atoms with E-state index in [0.29, 0.717) is 0 Å². The predicted molar refractivity (Wildman–Crippen MR) is 69.6 cm³/mol. The van der Waals surface area contributed by atoms with Gasteiger partial charge >= 0.3 is 5.97 Å². The van der Waals surface area contributed by atoms with Gasteiger partial charge in [-0.3, -0.25) is 4.79 Å². The van der Waals surface area contributed by atoms with Gasteiger partial charge in [-0.05, 0) is 24.5 Å². The van der Waals surface area contributed by atoms with E-state index in [1.807, 2.05) is 30.5 Å². The largest absolute Gasteiger partial charge is 0.481 e. The van der Waals surface area contributed by atoms with Crippen molar-refractivity contribution in [3.05, 3.63) is 36.0 Å². The summed E-state index contributed by atoms with van der Waals surface area (Å²) in [5.74, 6) is -0.812. The summed E-state index contributed by atoms with van der Waals surface area (Å²) < 4.78 is 2.07. The van der Waals surface area contributed by atoms with Crippen molar-refractivity contribution in [3.63, 3.8) is 0 Å². The van der Waals surface area contributed by atoms with Gasteiger partial charge in [-0.2, -0.15) is 0 Å². The number of rotatable bonds is 6. The molecule has 2 rings (SSSR count). The van der Waals surface area contributed by atoms with Crippen molar-refractivity contribution in [2.24, 2.45) is 0 Å². The quantitative estimate of drug-likeness (QED) is 0.768. The number of aromatic nitrogens is 1. The Kier molecular flexibility index (Phi) is 3.99. The summed E-state index contributed by atoms with van der Waals surface area (Å²) in [6.07, 6.45) is 3.62. The van der Waals surface area contributed by atoms with Gasteiger partial charge in [-0.25, -0.2) is 0 Å². The van der Waals surface area contributed by atoms with E-state index in [4.69, 9.17) is 10.2 Å². The molecule has 1 aromatic heterocycles. The molecule has 18 heavy (non-hydrogen) atoms. The van der Waals surface area contributed by atoms with Crippen molar-refractivity contribution >= 4 is 16.9 Å². The van der Waals surface area contributed by atoms with E-state index in [2.05, 4.69) is 4.57 Å². The van der Waals surface area contributed by atoms with Crippen LogP contribution in [0.1, 0.15) is 18.4 Å². The van der Waals surface area contributed by atoms with E-state index in [-0.39, 0.29) is 13.0 Å². The molecule has 4 nitrogen and oxygen atoms in total. The monoisotopic (exact) mass is 247 g/mol. The third kappa shape index (κ3) is 2.71. The number of nitrogens with zero attached hydrogens (tertiary/aromatic N) is 1. The minimum Gasteiger partial charge on any atom is -0.481 e. The third-order valence-electron chi connectivity index (χ3n) is 3.02. The van der Waals surface area contributed by atoms with Crippen LogP contribution in [0, 0.1) is 0 Å².